The Morgan fingerprint density at radius 1 is 0.548 bits per heavy atom. The number of hydrogen-bond acceptors (Lipinski definition) is 3. The highest BCUT2D eigenvalue weighted by molar-refractivity contribution is 5.81. The number of hydrogen-bond donors (Lipinski definition) is 3. The number of amides is 1. The Balaban J connectivity index is 4.25. The first-order chi connectivity index (χ1) is 20.5. The van der Waals surface area contributed by atoms with Crippen LogP contribution in [0.25, 0.3) is 0 Å². The molecule has 0 saturated heterocycles. The smallest absolute Gasteiger partial charge is 0.237 e. The molecular formula is C37H79N4O+. The van der Waals surface area contributed by atoms with Crippen LogP contribution in [0.5, 0.6) is 0 Å². The van der Waals surface area contributed by atoms with Crippen molar-refractivity contribution in [1.29, 1.82) is 0 Å². The van der Waals surface area contributed by atoms with E-state index in [0.29, 0.717) is 6.54 Å². The number of carbonyl (C=O) groups is 1. The molecule has 0 aromatic heterocycles. The highest BCUT2D eigenvalue weighted by Crippen LogP contribution is 2.16. The van der Waals surface area contributed by atoms with Gasteiger partial charge in [-0.3, -0.25) is 4.79 Å². The monoisotopic (exact) mass is 596 g/mol. The maximum absolute atomic E-state index is 12.5. The van der Waals surface area contributed by atoms with Gasteiger partial charge in [0.15, 0.2) is 0 Å². The van der Waals surface area contributed by atoms with Gasteiger partial charge in [0.25, 0.3) is 0 Å². The molecule has 0 aliphatic heterocycles. The highest BCUT2D eigenvalue weighted by Gasteiger charge is 2.21. The van der Waals surface area contributed by atoms with Crippen LogP contribution in [0.1, 0.15) is 187 Å². The fraction of sp³-hybridized carbons (Fsp3) is 0.973. The van der Waals surface area contributed by atoms with Gasteiger partial charge in [-0.15, -0.1) is 0 Å². The summed E-state index contributed by atoms with van der Waals surface area (Å²) in [6.07, 6.45) is 36.1. The van der Waals surface area contributed by atoms with Gasteiger partial charge in [0, 0.05) is 0 Å². The normalized spacial score (nSPS) is 12.6. The second kappa shape index (κ2) is 31.8. The van der Waals surface area contributed by atoms with Gasteiger partial charge >= 0.3 is 0 Å². The van der Waals surface area contributed by atoms with Gasteiger partial charge in [0.2, 0.25) is 5.91 Å². The van der Waals surface area contributed by atoms with Crippen LogP contribution < -0.4 is 16.8 Å². The average molecular weight is 596 g/mol. The first-order valence-electron chi connectivity index (χ1n) is 19.1. The van der Waals surface area contributed by atoms with Crippen LogP contribution in [-0.4, -0.2) is 56.2 Å². The molecular weight excluding hydrogens is 516 g/mol. The third-order valence-electron chi connectivity index (χ3n) is 9.36. The van der Waals surface area contributed by atoms with Crippen molar-refractivity contribution in [3.05, 3.63) is 0 Å². The van der Waals surface area contributed by atoms with Crippen molar-refractivity contribution in [3.63, 3.8) is 0 Å². The van der Waals surface area contributed by atoms with Crippen molar-refractivity contribution < 1.29 is 9.28 Å². The number of unbranched alkanes of at least 4 members (excludes halogenated alkanes) is 23. The zero-order chi connectivity index (χ0) is 31.0. The molecule has 5 heteroatoms. The summed E-state index contributed by atoms with van der Waals surface area (Å²) in [5, 5.41) is 3.15. The van der Waals surface area contributed by atoms with E-state index in [1.165, 1.54) is 167 Å². The predicted octanol–water partition coefficient (Wildman–Crippen LogP) is 9.41. The fourth-order valence-corrected chi connectivity index (χ4v) is 6.22. The topological polar surface area (TPSA) is 81.1 Å². The number of rotatable bonds is 34. The number of quaternary nitrogens is 1. The van der Waals surface area contributed by atoms with Gasteiger partial charge in [-0.05, 0) is 45.1 Å². The van der Waals surface area contributed by atoms with Gasteiger partial charge in [0.05, 0.1) is 39.3 Å². The van der Waals surface area contributed by atoms with E-state index in [0.717, 1.165) is 36.8 Å². The highest BCUT2D eigenvalue weighted by atomic mass is 16.2. The Hall–Kier alpha value is -0.650. The Morgan fingerprint density at radius 2 is 0.905 bits per heavy atom. The summed E-state index contributed by atoms with van der Waals surface area (Å²) in [5.74, 6) is 0.00861. The number of carbonyl (C=O) groups excluding carboxylic acids is 1. The molecule has 0 fully saturated rings. The van der Waals surface area contributed by atoms with Gasteiger partial charge in [-0.2, -0.15) is 0 Å². The summed E-state index contributed by atoms with van der Waals surface area (Å²) < 4.78 is 1.08. The zero-order valence-corrected chi connectivity index (χ0v) is 29.2. The van der Waals surface area contributed by atoms with E-state index in [1.807, 2.05) is 0 Å². The van der Waals surface area contributed by atoms with Crippen molar-refractivity contribution >= 4 is 5.91 Å². The van der Waals surface area contributed by atoms with Crippen molar-refractivity contribution in [2.75, 3.05) is 39.8 Å². The molecule has 1 amide bonds. The lowest BCUT2D eigenvalue weighted by Crippen LogP contribution is -2.51. The molecule has 1 atom stereocenters. The van der Waals surface area contributed by atoms with Gasteiger partial charge in [-0.1, -0.05) is 149 Å². The van der Waals surface area contributed by atoms with E-state index >= 15 is 0 Å². The molecule has 0 heterocycles. The van der Waals surface area contributed by atoms with E-state index in [9.17, 15) is 4.79 Å². The standard InChI is InChI=1S/C37H78N4O/c1-4-6-8-10-12-14-16-18-20-22-24-28-33-41(3,35-32-40-37(42)36(39)30-26-27-31-38)34-29-25-23-21-19-17-15-13-11-9-7-5-2/h36H,4-35,38-39H2,1-3H3/p+1/t36-/m0/s1. The molecule has 0 spiro atoms. The van der Waals surface area contributed by atoms with Crippen molar-refractivity contribution in [2.24, 2.45) is 11.5 Å². The summed E-state index contributed by atoms with van der Waals surface area (Å²) in [5.41, 5.74) is 11.7. The number of nitrogens with two attached hydrogens (primary N) is 2. The van der Waals surface area contributed by atoms with Crippen LogP contribution in [0.3, 0.4) is 0 Å². The summed E-state index contributed by atoms with van der Waals surface area (Å²) in [6, 6.07) is -0.400. The molecule has 0 bridgehead atoms. The SMILES string of the molecule is CCCCCCCCCCCCCC[N+](C)(CCCCCCCCCCCCCC)CCNC(=O)[C@@H](N)CCCCN. The number of nitrogens with zero attached hydrogens (tertiary/aromatic N) is 1. The largest absolute Gasteiger partial charge is 0.349 e. The summed E-state index contributed by atoms with van der Waals surface area (Å²) in [4.78, 5) is 12.5. The van der Waals surface area contributed by atoms with Crippen molar-refractivity contribution in [2.45, 2.75) is 193 Å². The molecule has 0 rings (SSSR count). The van der Waals surface area contributed by atoms with Crippen LogP contribution in [0.4, 0.5) is 0 Å². The van der Waals surface area contributed by atoms with E-state index in [1.54, 1.807) is 0 Å². The molecule has 0 aromatic rings. The minimum absolute atomic E-state index is 0.00861. The van der Waals surface area contributed by atoms with Crippen molar-refractivity contribution in [1.82, 2.24) is 5.32 Å². The number of nitrogens with one attached hydrogen (secondary N) is 1. The van der Waals surface area contributed by atoms with Crippen molar-refractivity contribution in [3.8, 4) is 0 Å². The lowest BCUT2D eigenvalue weighted by molar-refractivity contribution is -0.908. The Labute approximate surface area is 264 Å². The van der Waals surface area contributed by atoms with E-state index in [2.05, 4.69) is 26.2 Å². The molecule has 0 unspecified atom stereocenters. The van der Waals surface area contributed by atoms with E-state index < -0.39 is 6.04 Å². The summed E-state index contributed by atoms with van der Waals surface area (Å²) >= 11 is 0. The second-order valence-electron chi connectivity index (χ2n) is 13.8. The van der Waals surface area contributed by atoms with E-state index in [4.69, 9.17) is 11.5 Å². The molecule has 0 aliphatic rings. The molecule has 0 aromatic carbocycles. The average Bonchev–Trinajstić information content (AvgIpc) is 2.98. The maximum Gasteiger partial charge on any atom is 0.237 e. The first kappa shape index (κ1) is 41.4. The molecule has 0 radical (unpaired) electrons. The summed E-state index contributed by atoms with van der Waals surface area (Å²) in [7, 11) is 2.42. The Morgan fingerprint density at radius 3 is 1.26 bits per heavy atom. The summed E-state index contributed by atoms with van der Waals surface area (Å²) in [6.45, 7) is 9.46. The van der Waals surface area contributed by atoms with Gasteiger partial charge in [-0.25, -0.2) is 0 Å². The minimum Gasteiger partial charge on any atom is -0.349 e. The fourth-order valence-electron chi connectivity index (χ4n) is 6.22. The lowest BCUT2D eigenvalue weighted by atomic mass is 10.0. The van der Waals surface area contributed by atoms with Crippen LogP contribution >= 0.6 is 0 Å². The Bertz CT molecular complexity index is 528. The first-order valence-corrected chi connectivity index (χ1v) is 19.1. The van der Waals surface area contributed by atoms with Gasteiger partial charge < -0.3 is 21.3 Å². The molecule has 42 heavy (non-hydrogen) atoms. The minimum atomic E-state index is -0.400. The third-order valence-corrected chi connectivity index (χ3v) is 9.36. The van der Waals surface area contributed by atoms with Gasteiger partial charge in [0.1, 0.15) is 0 Å². The molecule has 5 N–H and O–H groups in total. The van der Waals surface area contributed by atoms with E-state index in [-0.39, 0.29) is 5.91 Å². The third kappa shape index (κ3) is 28.1. The predicted molar refractivity (Wildman–Crippen MR) is 187 cm³/mol. The van der Waals surface area contributed by atoms with Crippen LogP contribution in [-0.2, 0) is 4.79 Å². The van der Waals surface area contributed by atoms with Crippen LogP contribution in [0, 0.1) is 0 Å². The molecule has 0 saturated carbocycles. The molecule has 5 nitrogen and oxygen atoms in total. The zero-order valence-electron chi connectivity index (χ0n) is 29.2. The maximum atomic E-state index is 12.5. The van der Waals surface area contributed by atoms with Crippen LogP contribution in [0.2, 0.25) is 0 Å². The lowest BCUT2D eigenvalue weighted by Gasteiger charge is -2.35. The Kier molecular flexibility index (Phi) is 31.3. The molecule has 252 valence electrons. The second-order valence-corrected chi connectivity index (χ2v) is 13.8. The van der Waals surface area contributed by atoms with Crippen LogP contribution in [0.15, 0.2) is 0 Å². The molecule has 0 aliphatic carbocycles. The number of likely N-dealkylation sites (N-methyl/N-ethyl adjacent to an activating group) is 1. The quantitative estimate of drug-likeness (QED) is 0.0512.